The number of hydrogen-bond acceptors (Lipinski definition) is 4. The zero-order valence-corrected chi connectivity index (χ0v) is 13.1. The molecule has 1 amide bonds. The summed E-state index contributed by atoms with van der Waals surface area (Å²) in [5.41, 5.74) is 0.688. The van der Waals surface area contributed by atoms with Crippen molar-refractivity contribution >= 4 is 17.4 Å². The minimum absolute atomic E-state index is 0.0284. The average molecular weight is 334 g/mol. The number of anilines is 2. The van der Waals surface area contributed by atoms with E-state index >= 15 is 0 Å². The van der Waals surface area contributed by atoms with Gasteiger partial charge in [0.15, 0.2) is 5.03 Å². The number of benzene rings is 2. The Kier molecular flexibility index (Phi) is 4.66. The van der Waals surface area contributed by atoms with Gasteiger partial charge in [-0.1, -0.05) is 42.5 Å². The number of carbonyl (C=O) groups excluding carboxylic acids is 1. The van der Waals surface area contributed by atoms with Crippen molar-refractivity contribution in [3.63, 3.8) is 0 Å². The number of rotatable bonds is 5. The third kappa shape index (κ3) is 3.45. The maximum absolute atomic E-state index is 13.0. The van der Waals surface area contributed by atoms with E-state index in [1.807, 2.05) is 0 Å². The van der Waals surface area contributed by atoms with Crippen molar-refractivity contribution in [3.8, 4) is 0 Å². The van der Waals surface area contributed by atoms with Gasteiger partial charge in [-0.3, -0.25) is 4.79 Å². The van der Waals surface area contributed by atoms with Crippen LogP contribution in [0, 0.1) is 10.1 Å². The lowest BCUT2D eigenvalue weighted by Crippen LogP contribution is -2.51. The Labute approximate surface area is 143 Å². The predicted molar refractivity (Wildman–Crippen MR) is 93.4 cm³/mol. The van der Waals surface area contributed by atoms with Gasteiger partial charge in [0.25, 0.3) is 5.91 Å². The number of nitrogens with zero attached hydrogens (tertiary/aromatic N) is 4. The highest BCUT2D eigenvalue weighted by atomic mass is 16.7. The lowest BCUT2D eigenvalue weighted by molar-refractivity contribution is -0.495. The number of hydrazine groups is 2. The van der Waals surface area contributed by atoms with Crippen molar-refractivity contribution in [1.82, 2.24) is 4.98 Å². The second-order valence-electron chi connectivity index (χ2n) is 5.03. The molecule has 0 bridgehead atoms. The van der Waals surface area contributed by atoms with Crippen LogP contribution in [0.2, 0.25) is 0 Å². The van der Waals surface area contributed by atoms with Crippen LogP contribution in [0.15, 0.2) is 85.1 Å². The van der Waals surface area contributed by atoms with E-state index in [0.29, 0.717) is 16.4 Å². The van der Waals surface area contributed by atoms with Gasteiger partial charge >= 0.3 is 0 Å². The second-order valence-corrected chi connectivity index (χ2v) is 5.03. The summed E-state index contributed by atoms with van der Waals surface area (Å²) in [7, 11) is 0. The summed E-state index contributed by atoms with van der Waals surface area (Å²) < 4.78 is 0. The minimum Gasteiger partial charge on any atom is -0.267 e. The maximum atomic E-state index is 13.0. The van der Waals surface area contributed by atoms with Gasteiger partial charge in [-0.05, 0) is 36.4 Å². The highest BCUT2D eigenvalue weighted by Crippen LogP contribution is 2.23. The molecule has 0 fully saturated rings. The highest BCUT2D eigenvalue weighted by molar-refractivity contribution is 6.07. The van der Waals surface area contributed by atoms with Crippen LogP contribution in [0.3, 0.4) is 0 Å². The minimum atomic E-state index is -0.670. The lowest BCUT2D eigenvalue weighted by Gasteiger charge is -2.26. The van der Waals surface area contributed by atoms with Gasteiger partial charge in [0.1, 0.15) is 0 Å². The molecule has 25 heavy (non-hydrogen) atoms. The molecule has 3 rings (SSSR count). The number of aromatic nitrogens is 1. The van der Waals surface area contributed by atoms with Crippen LogP contribution < -0.4 is 10.1 Å². The molecule has 0 radical (unpaired) electrons. The highest BCUT2D eigenvalue weighted by Gasteiger charge is 2.34. The first kappa shape index (κ1) is 16.1. The zero-order chi connectivity index (χ0) is 17.6. The fourth-order valence-electron chi connectivity index (χ4n) is 2.32. The molecular weight excluding hydrogens is 320 g/mol. The average Bonchev–Trinajstić information content (AvgIpc) is 2.67. The van der Waals surface area contributed by atoms with Gasteiger partial charge < -0.3 is 0 Å². The molecule has 0 aliphatic heterocycles. The molecule has 1 aromatic heterocycles. The Morgan fingerprint density at radius 2 is 1.48 bits per heavy atom. The number of nitro groups is 1. The molecule has 0 aliphatic carbocycles. The van der Waals surface area contributed by atoms with Gasteiger partial charge in [-0.15, -0.1) is 0 Å². The standard InChI is InChI=1S/C18H14N4O3/c23-18(15-9-3-1-4-10-15)20(16-11-5-2-6-12-16)21(22(24)25)17-13-7-8-14-19-17/h1-14H. The third-order valence-corrected chi connectivity index (χ3v) is 3.41. The fraction of sp³-hybridized carbons (Fsp3) is 0. The topological polar surface area (TPSA) is 79.6 Å². The number of pyridine rings is 1. The van der Waals surface area contributed by atoms with E-state index in [-0.39, 0.29) is 5.82 Å². The van der Waals surface area contributed by atoms with Gasteiger partial charge in [0.2, 0.25) is 5.82 Å². The van der Waals surface area contributed by atoms with E-state index < -0.39 is 10.9 Å². The molecule has 0 N–H and O–H groups in total. The maximum Gasteiger partial charge on any atom is 0.281 e. The van der Waals surface area contributed by atoms with E-state index in [1.165, 1.54) is 12.3 Å². The van der Waals surface area contributed by atoms with Crippen LogP contribution >= 0.6 is 0 Å². The third-order valence-electron chi connectivity index (χ3n) is 3.41. The number of amides is 1. The number of carbonyl (C=O) groups is 1. The monoisotopic (exact) mass is 334 g/mol. The van der Waals surface area contributed by atoms with Gasteiger partial charge in [0.05, 0.1) is 5.69 Å². The molecule has 1 heterocycles. The van der Waals surface area contributed by atoms with Crippen molar-refractivity contribution in [2.24, 2.45) is 0 Å². The molecular formula is C18H14N4O3. The smallest absolute Gasteiger partial charge is 0.267 e. The molecule has 3 aromatic rings. The Balaban J connectivity index is 2.13. The van der Waals surface area contributed by atoms with E-state index in [9.17, 15) is 14.9 Å². The summed E-state index contributed by atoms with van der Waals surface area (Å²) in [6.07, 6.45) is 1.43. The SMILES string of the molecule is O=C(c1ccccc1)N(c1ccccc1)N(c1ccccn1)[N+](=O)[O-]. The van der Waals surface area contributed by atoms with Crippen LogP contribution in [0.4, 0.5) is 11.5 Å². The van der Waals surface area contributed by atoms with Crippen LogP contribution in [-0.4, -0.2) is 15.9 Å². The van der Waals surface area contributed by atoms with Gasteiger partial charge in [0, 0.05) is 16.9 Å². The lowest BCUT2D eigenvalue weighted by atomic mass is 10.2. The number of para-hydroxylation sites is 1. The summed E-state index contributed by atoms with van der Waals surface area (Å²) in [6, 6.07) is 21.6. The quantitative estimate of drug-likeness (QED) is 0.528. The summed E-state index contributed by atoms with van der Waals surface area (Å²) >= 11 is 0. The molecule has 2 aromatic carbocycles. The van der Waals surface area contributed by atoms with Crippen LogP contribution in [0.25, 0.3) is 0 Å². The van der Waals surface area contributed by atoms with Gasteiger partial charge in [-0.25, -0.2) is 15.1 Å². The molecule has 124 valence electrons. The Hall–Kier alpha value is -3.74. The van der Waals surface area contributed by atoms with Crippen LogP contribution in [0.1, 0.15) is 10.4 Å². The Bertz CT molecular complexity index is 857. The van der Waals surface area contributed by atoms with Crippen LogP contribution in [0.5, 0.6) is 0 Å². The molecule has 7 heteroatoms. The number of hydrogen-bond donors (Lipinski definition) is 0. The zero-order valence-electron chi connectivity index (χ0n) is 13.1. The Morgan fingerprint density at radius 3 is 2.04 bits per heavy atom. The molecule has 0 unspecified atom stereocenters. The summed E-state index contributed by atoms with van der Waals surface area (Å²) in [5.74, 6) is -0.505. The van der Waals surface area contributed by atoms with Crippen LogP contribution in [-0.2, 0) is 0 Å². The normalized spacial score (nSPS) is 10.1. The summed E-state index contributed by atoms with van der Waals surface area (Å²) in [5, 5.41) is 12.7. The molecule has 0 saturated heterocycles. The summed E-state index contributed by atoms with van der Waals surface area (Å²) in [6.45, 7) is 0. The van der Waals surface area contributed by atoms with Crippen molar-refractivity contribution in [2.45, 2.75) is 0 Å². The van der Waals surface area contributed by atoms with Crippen molar-refractivity contribution < 1.29 is 9.83 Å². The molecule has 0 aliphatic rings. The summed E-state index contributed by atoms with van der Waals surface area (Å²) in [4.78, 5) is 28.8. The van der Waals surface area contributed by atoms with E-state index in [4.69, 9.17) is 0 Å². The van der Waals surface area contributed by atoms with E-state index in [1.54, 1.807) is 72.8 Å². The van der Waals surface area contributed by atoms with Crippen molar-refractivity contribution in [2.75, 3.05) is 10.1 Å². The van der Waals surface area contributed by atoms with E-state index in [0.717, 1.165) is 5.01 Å². The molecule has 0 saturated carbocycles. The van der Waals surface area contributed by atoms with Gasteiger partial charge in [-0.2, -0.15) is 5.01 Å². The second kappa shape index (κ2) is 7.22. The molecule has 0 spiro atoms. The van der Waals surface area contributed by atoms with Crippen molar-refractivity contribution in [1.29, 1.82) is 0 Å². The molecule has 7 nitrogen and oxygen atoms in total. The molecule has 0 atom stereocenters. The first-order valence-corrected chi connectivity index (χ1v) is 7.48. The van der Waals surface area contributed by atoms with Crippen molar-refractivity contribution in [3.05, 3.63) is 101 Å². The first-order chi connectivity index (χ1) is 12.2. The Morgan fingerprint density at radius 1 is 0.880 bits per heavy atom. The van der Waals surface area contributed by atoms with E-state index in [2.05, 4.69) is 4.98 Å². The largest absolute Gasteiger partial charge is 0.281 e. The fourth-order valence-corrected chi connectivity index (χ4v) is 2.32. The predicted octanol–water partition coefficient (Wildman–Crippen LogP) is 3.34. The first-order valence-electron chi connectivity index (χ1n) is 7.48.